The van der Waals surface area contributed by atoms with Gasteiger partial charge in [-0.05, 0) is 53.9 Å². The lowest BCUT2D eigenvalue weighted by molar-refractivity contribution is -0.151. The summed E-state index contributed by atoms with van der Waals surface area (Å²) in [5, 5.41) is 12.9. The second-order valence-corrected chi connectivity index (χ2v) is 6.88. The van der Waals surface area contributed by atoms with Crippen molar-refractivity contribution in [3.63, 3.8) is 0 Å². The van der Waals surface area contributed by atoms with Gasteiger partial charge in [0.05, 0.1) is 10.4 Å². The van der Waals surface area contributed by atoms with Crippen LogP contribution in [0.15, 0.2) is 22.7 Å². The van der Waals surface area contributed by atoms with E-state index in [1.165, 1.54) is 0 Å². The second kappa shape index (κ2) is 6.36. The first-order valence-electron chi connectivity index (χ1n) is 6.84. The molecule has 0 heterocycles. The van der Waals surface area contributed by atoms with Crippen molar-refractivity contribution >= 4 is 39.4 Å². The molecule has 2 atom stereocenters. The molecule has 0 aliphatic heterocycles. The van der Waals surface area contributed by atoms with Gasteiger partial charge in [0.1, 0.15) is 0 Å². The zero-order valence-corrected chi connectivity index (χ0v) is 14.0. The fourth-order valence-electron chi connectivity index (χ4n) is 2.70. The highest BCUT2D eigenvalue weighted by Gasteiger charge is 2.43. The van der Waals surface area contributed by atoms with Gasteiger partial charge in [0.2, 0.25) is 0 Å². The van der Waals surface area contributed by atoms with Crippen molar-refractivity contribution in [2.75, 3.05) is 0 Å². The van der Waals surface area contributed by atoms with Crippen molar-refractivity contribution in [1.29, 1.82) is 0 Å². The van der Waals surface area contributed by atoms with E-state index in [0.717, 1.165) is 12.8 Å². The fourth-order valence-corrected chi connectivity index (χ4v) is 3.20. The first-order chi connectivity index (χ1) is 9.84. The molecule has 4 nitrogen and oxygen atoms in total. The van der Waals surface area contributed by atoms with E-state index in [0.29, 0.717) is 27.9 Å². The van der Waals surface area contributed by atoms with Crippen molar-refractivity contribution in [2.24, 2.45) is 5.41 Å². The predicted molar refractivity (Wildman–Crippen MR) is 84.6 cm³/mol. The largest absolute Gasteiger partial charge is 0.481 e. The maximum Gasteiger partial charge on any atom is 0.311 e. The molecule has 1 aliphatic carbocycles. The molecule has 0 spiro atoms. The smallest absolute Gasteiger partial charge is 0.311 e. The molecule has 2 N–H and O–H groups in total. The molecule has 1 aromatic carbocycles. The van der Waals surface area contributed by atoms with Crippen LogP contribution in [0.2, 0.25) is 5.02 Å². The standard InChI is InChI=1S/C15H17BrClNO3/c1-15(14(20)21)7-3-2-4-12(15)18-13(19)9-5-6-11(17)10(16)8-9/h5-6,8,12H,2-4,7H2,1H3,(H,18,19)(H,20,21). The van der Waals surface area contributed by atoms with Crippen LogP contribution in [-0.2, 0) is 4.79 Å². The molecule has 1 aliphatic rings. The van der Waals surface area contributed by atoms with E-state index in [1.807, 2.05) is 0 Å². The van der Waals surface area contributed by atoms with Crippen molar-refractivity contribution in [1.82, 2.24) is 5.32 Å². The van der Waals surface area contributed by atoms with Gasteiger partial charge in [-0.3, -0.25) is 9.59 Å². The Labute approximate surface area is 137 Å². The van der Waals surface area contributed by atoms with Crippen LogP contribution < -0.4 is 5.32 Å². The number of hydrogen-bond donors (Lipinski definition) is 2. The molecule has 21 heavy (non-hydrogen) atoms. The number of aliphatic carboxylic acids is 1. The monoisotopic (exact) mass is 373 g/mol. The van der Waals surface area contributed by atoms with Crippen molar-refractivity contribution in [3.05, 3.63) is 33.3 Å². The van der Waals surface area contributed by atoms with Crippen LogP contribution in [0.1, 0.15) is 43.0 Å². The number of halogens is 2. The van der Waals surface area contributed by atoms with Crippen molar-refractivity contribution in [2.45, 2.75) is 38.6 Å². The van der Waals surface area contributed by atoms with Gasteiger partial charge in [0.25, 0.3) is 5.91 Å². The van der Waals surface area contributed by atoms with Crippen molar-refractivity contribution in [3.8, 4) is 0 Å². The third-order valence-corrected chi connectivity index (χ3v) is 5.40. The third kappa shape index (κ3) is 3.40. The highest BCUT2D eigenvalue weighted by molar-refractivity contribution is 9.10. The molecule has 2 unspecified atom stereocenters. The summed E-state index contributed by atoms with van der Waals surface area (Å²) < 4.78 is 0.640. The average Bonchev–Trinajstić information content (AvgIpc) is 2.44. The van der Waals surface area contributed by atoms with E-state index in [2.05, 4.69) is 21.2 Å². The summed E-state index contributed by atoms with van der Waals surface area (Å²) in [7, 11) is 0. The molecule has 1 amide bonds. The lowest BCUT2D eigenvalue weighted by atomic mass is 9.71. The zero-order valence-electron chi connectivity index (χ0n) is 11.7. The number of carboxylic acids is 1. The minimum atomic E-state index is -0.905. The third-order valence-electron chi connectivity index (χ3n) is 4.18. The summed E-state index contributed by atoms with van der Waals surface area (Å²) in [6.07, 6.45) is 3.07. The van der Waals surface area contributed by atoms with Crippen LogP contribution in [0.3, 0.4) is 0 Å². The predicted octanol–water partition coefficient (Wildman–Crippen LogP) is 3.87. The summed E-state index contributed by atoms with van der Waals surface area (Å²) in [5.74, 6) is -1.13. The minimum absolute atomic E-state index is 0.272. The van der Waals surface area contributed by atoms with Gasteiger partial charge in [0.15, 0.2) is 0 Å². The molecule has 1 fully saturated rings. The van der Waals surface area contributed by atoms with Gasteiger partial charge < -0.3 is 10.4 Å². The Kier molecular flexibility index (Phi) is 4.94. The summed E-state index contributed by atoms with van der Waals surface area (Å²) in [4.78, 5) is 23.8. The number of benzene rings is 1. The molecular formula is C15H17BrClNO3. The number of carboxylic acid groups (broad SMARTS) is 1. The first kappa shape index (κ1) is 16.3. The Bertz CT molecular complexity index is 578. The number of amides is 1. The molecule has 114 valence electrons. The van der Waals surface area contributed by atoms with Crippen LogP contribution in [-0.4, -0.2) is 23.0 Å². The molecule has 0 radical (unpaired) electrons. The Morgan fingerprint density at radius 3 is 2.76 bits per heavy atom. The maximum atomic E-state index is 12.3. The summed E-state index contributed by atoms with van der Waals surface area (Å²) in [6.45, 7) is 1.71. The van der Waals surface area contributed by atoms with E-state index >= 15 is 0 Å². The van der Waals surface area contributed by atoms with E-state index < -0.39 is 11.4 Å². The van der Waals surface area contributed by atoms with Gasteiger partial charge in [-0.1, -0.05) is 24.4 Å². The van der Waals surface area contributed by atoms with E-state index in [9.17, 15) is 14.7 Å². The Hall–Kier alpha value is -1.07. The number of rotatable bonds is 3. The molecule has 1 saturated carbocycles. The lowest BCUT2D eigenvalue weighted by Gasteiger charge is -2.38. The lowest BCUT2D eigenvalue weighted by Crippen LogP contribution is -2.52. The van der Waals surface area contributed by atoms with Gasteiger partial charge in [-0.2, -0.15) is 0 Å². The Morgan fingerprint density at radius 1 is 1.43 bits per heavy atom. The Balaban J connectivity index is 2.17. The minimum Gasteiger partial charge on any atom is -0.481 e. The first-order valence-corrected chi connectivity index (χ1v) is 8.01. The average molecular weight is 375 g/mol. The van der Waals surface area contributed by atoms with Crippen LogP contribution >= 0.6 is 27.5 Å². The summed E-state index contributed by atoms with van der Waals surface area (Å²) in [5.41, 5.74) is -0.443. The topological polar surface area (TPSA) is 66.4 Å². The molecule has 1 aromatic rings. The van der Waals surface area contributed by atoms with Gasteiger partial charge in [0, 0.05) is 16.1 Å². The molecule has 0 bridgehead atoms. The van der Waals surface area contributed by atoms with Crippen LogP contribution in [0, 0.1) is 5.41 Å². The van der Waals surface area contributed by atoms with Gasteiger partial charge >= 0.3 is 5.97 Å². The Morgan fingerprint density at radius 2 is 2.14 bits per heavy atom. The van der Waals surface area contributed by atoms with Crippen LogP contribution in [0.5, 0.6) is 0 Å². The van der Waals surface area contributed by atoms with Crippen LogP contribution in [0.25, 0.3) is 0 Å². The molecule has 2 rings (SSSR count). The SMILES string of the molecule is CC1(C(=O)O)CCCCC1NC(=O)c1ccc(Cl)c(Br)c1. The maximum absolute atomic E-state index is 12.3. The second-order valence-electron chi connectivity index (χ2n) is 5.62. The molecule has 0 saturated heterocycles. The summed E-state index contributed by atoms with van der Waals surface area (Å²) in [6, 6.07) is 4.55. The van der Waals surface area contributed by atoms with Gasteiger partial charge in [-0.15, -0.1) is 0 Å². The molecule has 0 aromatic heterocycles. The number of nitrogens with one attached hydrogen (secondary N) is 1. The quantitative estimate of drug-likeness (QED) is 0.844. The number of carbonyl (C=O) groups is 2. The fraction of sp³-hybridized carbons (Fsp3) is 0.467. The number of carbonyl (C=O) groups excluding carboxylic acids is 1. The van der Waals surface area contributed by atoms with E-state index in [4.69, 9.17) is 11.6 Å². The van der Waals surface area contributed by atoms with Gasteiger partial charge in [-0.25, -0.2) is 0 Å². The molecular weight excluding hydrogens is 358 g/mol. The van der Waals surface area contributed by atoms with Crippen LogP contribution in [0.4, 0.5) is 0 Å². The summed E-state index contributed by atoms with van der Waals surface area (Å²) >= 11 is 9.19. The zero-order chi connectivity index (χ0) is 15.6. The van der Waals surface area contributed by atoms with E-state index in [-0.39, 0.29) is 11.9 Å². The van der Waals surface area contributed by atoms with E-state index in [1.54, 1.807) is 25.1 Å². The van der Waals surface area contributed by atoms with Crippen molar-refractivity contribution < 1.29 is 14.7 Å². The molecule has 6 heteroatoms. The normalized spacial score (nSPS) is 25.4. The highest BCUT2D eigenvalue weighted by Crippen LogP contribution is 2.36. The highest BCUT2D eigenvalue weighted by atomic mass is 79.9. The number of hydrogen-bond acceptors (Lipinski definition) is 2.